The van der Waals surface area contributed by atoms with Gasteiger partial charge in [-0.2, -0.15) is 0 Å². The van der Waals surface area contributed by atoms with Crippen LogP contribution in [0.4, 0.5) is 0 Å². The Morgan fingerprint density at radius 2 is 1.77 bits per heavy atom. The fourth-order valence-corrected chi connectivity index (χ4v) is 2.08. The third-order valence-corrected chi connectivity index (χ3v) is 2.75. The molecule has 0 unspecified atom stereocenters. The molecule has 1 nitrogen and oxygen atoms in total. The van der Waals surface area contributed by atoms with E-state index in [1.165, 1.54) is 0 Å². The second-order valence-corrected chi connectivity index (χ2v) is 4.06. The zero-order chi connectivity index (χ0) is 9.84. The summed E-state index contributed by atoms with van der Waals surface area (Å²) in [6.07, 6.45) is 1.97. The van der Waals surface area contributed by atoms with Gasteiger partial charge in [0.2, 0.25) is 0 Å². The van der Waals surface area contributed by atoms with Gasteiger partial charge >= 0.3 is 0 Å². The van der Waals surface area contributed by atoms with E-state index in [4.69, 9.17) is 23.2 Å². The number of hydrogen-bond acceptors (Lipinski definition) is 2. The lowest BCUT2D eigenvalue weighted by atomic mass is 10.2. The minimum atomic E-state index is 0.637. The Labute approximate surface area is 92.2 Å². The monoisotopic (exact) mass is 233 g/mol. The first-order valence-corrected chi connectivity index (χ1v) is 5.62. The van der Waals surface area contributed by atoms with Gasteiger partial charge in [-0.05, 0) is 24.5 Å². The van der Waals surface area contributed by atoms with Gasteiger partial charge in [0.1, 0.15) is 0 Å². The van der Waals surface area contributed by atoms with Crippen molar-refractivity contribution in [1.82, 2.24) is 0 Å². The van der Waals surface area contributed by atoms with E-state index in [9.17, 15) is 0 Å². The predicted molar refractivity (Wildman–Crippen MR) is 62.4 cm³/mol. The van der Waals surface area contributed by atoms with Crippen molar-refractivity contribution in [1.29, 1.82) is 0 Å². The van der Waals surface area contributed by atoms with E-state index in [1.54, 1.807) is 24.9 Å². The van der Waals surface area contributed by atoms with Crippen molar-refractivity contribution in [3.05, 3.63) is 33.8 Å². The molecule has 0 spiro atoms. The molecule has 0 fully saturated rings. The van der Waals surface area contributed by atoms with Crippen LogP contribution in [0.1, 0.15) is 5.56 Å². The van der Waals surface area contributed by atoms with E-state index in [-0.39, 0.29) is 0 Å². The summed E-state index contributed by atoms with van der Waals surface area (Å²) >= 11 is 13.3. The normalized spacial score (nSPS) is 11.8. The summed E-state index contributed by atoms with van der Waals surface area (Å²) in [6.45, 7) is 0. The maximum absolute atomic E-state index is 5.86. The average Bonchev–Trinajstić information content (AvgIpc) is 2.04. The highest BCUT2D eigenvalue weighted by Crippen LogP contribution is 2.21. The molecular formula is C9H9Cl2NS. The highest BCUT2D eigenvalue weighted by molar-refractivity contribution is 8.13. The summed E-state index contributed by atoms with van der Waals surface area (Å²) in [7, 11) is 1.75. The molecule has 70 valence electrons. The fraction of sp³-hybridized carbons (Fsp3) is 0.222. The standard InChI is InChI=1S/C9H9Cl2NS/c1-12-9(13-2)6-3-7(10)5-8(11)4-6/h3-5H,1-2H3. The Morgan fingerprint density at radius 3 is 2.15 bits per heavy atom. The lowest BCUT2D eigenvalue weighted by molar-refractivity contribution is 1.45. The van der Waals surface area contributed by atoms with E-state index >= 15 is 0 Å². The van der Waals surface area contributed by atoms with Crippen molar-refractivity contribution in [2.45, 2.75) is 0 Å². The van der Waals surface area contributed by atoms with Crippen LogP contribution >= 0.6 is 35.0 Å². The zero-order valence-corrected chi connectivity index (χ0v) is 9.67. The molecule has 1 aromatic rings. The van der Waals surface area contributed by atoms with Crippen LogP contribution in [0.15, 0.2) is 23.2 Å². The van der Waals surface area contributed by atoms with Crippen LogP contribution in [0.5, 0.6) is 0 Å². The predicted octanol–water partition coefficient (Wildman–Crippen LogP) is 3.73. The molecule has 4 heteroatoms. The lowest BCUT2D eigenvalue weighted by Crippen LogP contribution is -1.94. The topological polar surface area (TPSA) is 12.4 Å². The number of aliphatic imine (C=N–C) groups is 1. The lowest BCUT2D eigenvalue weighted by Gasteiger charge is -2.03. The molecule has 0 bridgehead atoms. The Kier molecular flexibility index (Phi) is 4.10. The first-order chi connectivity index (χ1) is 6.17. The van der Waals surface area contributed by atoms with Crippen molar-refractivity contribution in [3.8, 4) is 0 Å². The van der Waals surface area contributed by atoms with Crippen molar-refractivity contribution >= 4 is 40.0 Å². The molecule has 1 rings (SSSR count). The van der Waals surface area contributed by atoms with Gasteiger partial charge in [-0.3, -0.25) is 4.99 Å². The number of rotatable bonds is 1. The van der Waals surface area contributed by atoms with Gasteiger partial charge in [-0.1, -0.05) is 23.2 Å². The molecule has 0 amide bonds. The van der Waals surface area contributed by atoms with Crippen LogP contribution in [0.25, 0.3) is 0 Å². The summed E-state index contributed by atoms with van der Waals surface area (Å²) in [5.74, 6) is 0. The molecule has 0 aliphatic rings. The van der Waals surface area contributed by atoms with Crippen LogP contribution in [-0.2, 0) is 0 Å². The fourth-order valence-electron chi connectivity index (χ4n) is 1.02. The highest BCUT2D eigenvalue weighted by atomic mass is 35.5. The summed E-state index contributed by atoms with van der Waals surface area (Å²) in [5, 5.41) is 2.21. The summed E-state index contributed by atoms with van der Waals surface area (Å²) in [6, 6.07) is 5.42. The van der Waals surface area contributed by atoms with Gasteiger partial charge in [-0.15, -0.1) is 11.8 Å². The van der Waals surface area contributed by atoms with E-state index in [0.29, 0.717) is 10.0 Å². The number of nitrogens with zero attached hydrogens (tertiary/aromatic N) is 1. The van der Waals surface area contributed by atoms with Gasteiger partial charge in [0, 0.05) is 22.7 Å². The van der Waals surface area contributed by atoms with Crippen molar-refractivity contribution in [2.75, 3.05) is 13.3 Å². The Morgan fingerprint density at radius 1 is 1.23 bits per heavy atom. The maximum atomic E-state index is 5.86. The largest absolute Gasteiger partial charge is 0.281 e. The maximum Gasteiger partial charge on any atom is 0.0971 e. The van der Waals surface area contributed by atoms with Crippen LogP contribution in [-0.4, -0.2) is 18.3 Å². The Balaban J connectivity index is 3.14. The number of thioether (sulfide) groups is 1. The summed E-state index contributed by atoms with van der Waals surface area (Å²) < 4.78 is 0. The van der Waals surface area contributed by atoms with Crippen molar-refractivity contribution in [2.24, 2.45) is 4.99 Å². The van der Waals surface area contributed by atoms with Gasteiger partial charge in [-0.25, -0.2) is 0 Å². The second kappa shape index (κ2) is 4.89. The van der Waals surface area contributed by atoms with Crippen LogP contribution < -0.4 is 0 Å². The quantitative estimate of drug-likeness (QED) is 0.532. The molecule has 0 aliphatic carbocycles. The summed E-state index contributed by atoms with van der Waals surface area (Å²) in [4.78, 5) is 4.12. The molecule has 0 saturated carbocycles. The molecule has 1 aromatic carbocycles. The molecule has 0 aromatic heterocycles. The minimum Gasteiger partial charge on any atom is -0.281 e. The van der Waals surface area contributed by atoms with E-state index in [0.717, 1.165) is 10.6 Å². The molecule has 0 radical (unpaired) electrons. The van der Waals surface area contributed by atoms with Crippen LogP contribution in [0, 0.1) is 0 Å². The third-order valence-electron chi connectivity index (χ3n) is 1.51. The smallest absolute Gasteiger partial charge is 0.0971 e. The minimum absolute atomic E-state index is 0.637. The average molecular weight is 234 g/mol. The zero-order valence-electron chi connectivity index (χ0n) is 7.34. The number of halogens is 2. The van der Waals surface area contributed by atoms with Gasteiger partial charge in [0.15, 0.2) is 0 Å². The van der Waals surface area contributed by atoms with Crippen LogP contribution in [0.3, 0.4) is 0 Å². The van der Waals surface area contributed by atoms with Crippen molar-refractivity contribution in [3.63, 3.8) is 0 Å². The Bertz CT molecular complexity index is 316. The highest BCUT2D eigenvalue weighted by Gasteiger charge is 2.03. The van der Waals surface area contributed by atoms with E-state index in [1.807, 2.05) is 18.4 Å². The molecule has 0 saturated heterocycles. The molecule has 13 heavy (non-hydrogen) atoms. The molecule has 0 N–H and O–H groups in total. The van der Waals surface area contributed by atoms with E-state index < -0.39 is 0 Å². The molecule has 0 atom stereocenters. The van der Waals surface area contributed by atoms with Gasteiger partial charge in [0.25, 0.3) is 0 Å². The van der Waals surface area contributed by atoms with Crippen LogP contribution in [0.2, 0.25) is 10.0 Å². The first kappa shape index (κ1) is 10.9. The van der Waals surface area contributed by atoms with Gasteiger partial charge < -0.3 is 0 Å². The molecule has 0 aliphatic heterocycles. The van der Waals surface area contributed by atoms with Crippen molar-refractivity contribution < 1.29 is 0 Å². The first-order valence-electron chi connectivity index (χ1n) is 3.64. The summed E-state index contributed by atoms with van der Waals surface area (Å²) in [5.41, 5.74) is 0.965. The SMILES string of the molecule is CN=C(SC)c1cc(Cl)cc(Cl)c1. The number of hydrogen-bond donors (Lipinski definition) is 0. The Hall–Kier alpha value is -0.180. The number of benzene rings is 1. The molecule has 0 heterocycles. The third kappa shape index (κ3) is 2.90. The molecular weight excluding hydrogens is 225 g/mol. The second-order valence-electron chi connectivity index (χ2n) is 2.39. The van der Waals surface area contributed by atoms with Gasteiger partial charge in [0.05, 0.1) is 5.04 Å². The van der Waals surface area contributed by atoms with E-state index in [2.05, 4.69) is 4.99 Å².